The maximum atomic E-state index is 10.1. The third-order valence-corrected chi connectivity index (χ3v) is 2.35. The first-order valence-corrected chi connectivity index (χ1v) is 3.99. The Kier molecular flexibility index (Phi) is 8.02. The highest BCUT2D eigenvalue weighted by Crippen LogP contribution is 1.99. The molecule has 74 valence electrons. The van der Waals surface area contributed by atoms with Gasteiger partial charge in [-0.1, -0.05) is 0 Å². The molecule has 0 atom stereocenters. The second-order valence-electron chi connectivity index (χ2n) is 3.03. The number of hydrogen-bond acceptors (Lipinski definition) is 2. The number of hydrogen-bond donors (Lipinski definition) is 0. The standard InChI is InChI=1S/C7H17N2O2.HI/c1-4-9(3,5-2)7-6-8(10)11;/h4-7H2,1-3H3;1H/q+1;/p-1. The fourth-order valence-corrected chi connectivity index (χ4v) is 0.863. The molecule has 0 radical (unpaired) electrons. The largest absolute Gasteiger partial charge is 1.00 e. The fraction of sp³-hybridized carbons (Fsp3) is 1.00. The molecule has 0 fully saturated rings. The molecule has 0 aromatic heterocycles. The van der Waals surface area contributed by atoms with Gasteiger partial charge in [0.05, 0.1) is 20.1 Å². The molecule has 0 spiro atoms. The van der Waals surface area contributed by atoms with Crippen LogP contribution in [-0.2, 0) is 0 Å². The van der Waals surface area contributed by atoms with Crippen LogP contribution in [0.25, 0.3) is 0 Å². The summed E-state index contributed by atoms with van der Waals surface area (Å²) in [6.45, 7) is 6.76. The van der Waals surface area contributed by atoms with Crippen LogP contribution in [0.4, 0.5) is 0 Å². The first-order chi connectivity index (χ1) is 5.04. The highest BCUT2D eigenvalue weighted by atomic mass is 127. The second-order valence-corrected chi connectivity index (χ2v) is 3.03. The summed E-state index contributed by atoms with van der Waals surface area (Å²) < 4.78 is 0.793. The summed E-state index contributed by atoms with van der Waals surface area (Å²) >= 11 is 0. The molecule has 0 N–H and O–H groups in total. The average molecular weight is 288 g/mol. The number of nitrogens with zero attached hydrogens (tertiary/aromatic N) is 2. The maximum absolute atomic E-state index is 10.1. The highest BCUT2D eigenvalue weighted by Gasteiger charge is 2.18. The molecule has 0 bridgehead atoms. The molecule has 0 aliphatic rings. The van der Waals surface area contributed by atoms with Gasteiger partial charge in [0.2, 0.25) is 0 Å². The molecular weight excluding hydrogens is 271 g/mol. The molecule has 0 aromatic rings. The van der Waals surface area contributed by atoms with Crippen molar-refractivity contribution in [3.8, 4) is 0 Å². The van der Waals surface area contributed by atoms with Crippen molar-refractivity contribution < 1.29 is 33.4 Å². The first kappa shape index (κ1) is 14.6. The lowest BCUT2D eigenvalue weighted by atomic mass is 10.4. The number of nitro groups is 1. The molecule has 0 aromatic carbocycles. The highest BCUT2D eigenvalue weighted by molar-refractivity contribution is 4.32. The minimum absolute atomic E-state index is 0. The Bertz CT molecular complexity index is 137. The number of likely N-dealkylation sites (N-methyl/N-ethyl adjacent to an activating group) is 1. The third-order valence-electron chi connectivity index (χ3n) is 2.35. The topological polar surface area (TPSA) is 43.1 Å². The van der Waals surface area contributed by atoms with Crippen molar-refractivity contribution in [1.29, 1.82) is 0 Å². The van der Waals surface area contributed by atoms with Crippen molar-refractivity contribution in [2.45, 2.75) is 13.8 Å². The lowest BCUT2D eigenvalue weighted by molar-refractivity contribution is -0.912. The summed E-state index contributed by atoms with van der Waals surface area (Å²) in [6.07, 6.45) is 0. The average Bonchev–Trinajstić information content (AvgIpc) is 2.00. The Morgan fingerprint density at radius 3 is 2.00 bits per heavy atom. The van der Waals surface area contributed by atoms with Crippen LogP contribution in [0.15, 0.2) is 0 Å². The molecule has 0 aliphatic heterocycles. The summed E-state index contributed by atoms with van der Waals surface area (Å²) in [5, 5.41) is 10.1. The molecule has 0 aliphatic carbocycles. The van der Waals surface area contributed by atoms with E-state index in [1.807, 2.05) is 7.05 Å². The molecule has 5 heteroatoms. The minimum Gasteiger partial charge on any atom is -1.00 e. The van der Waals surface area contributed by atoms with Crippen molar-refractivity contribution in [1.82, 2.24) is 0 Å². The van der Waals surface area contributed by atoms with Crippen molar-refractivity contribution in [2.24, 2.45) is 0 Å². The molecule has 0 amide bonds. The van der Waals surface area contributed by atoms with Gasteiger partial charge >= 0.3 is 0 Å². The molecule has 12 heavy (non-hydrogen) atoms. The van der Waals surface area contributed by atoms with E-state index in [4.69, 9.17) is 0 Å². The smallest absolute Gasteiger partial charge is 0.251 e. The van der Waals surface area contributed by atoms with E-state index in [-0.39, 0.29) is 35.4 Å². The Morgan fingerprint density at radius 2 is 1.75 bits per heavy atom. The van der Waals surface area contributed by atoms with Crippen LogP contribution in [0.1, 0.15) is 13.8 Å². The summed E-state index contributed by atoms with van der Waals surface area (Å²) in [5.41, 5.74) is 0. The first-order valence-electron chi connectivity index (χ1n) is 3.99. The van der Waals surface area contributed by atoms with Crippen LogP contribution in [0.2, 0.25) is 0 Å². The summed E-state index contributed by atoms with van der Waals surface area (Å²) in [6, 6.07) is 0. The van der Waals surface area contributed by atoms with E-state index in [1.165, 1.54) is 0 Å². The molecule has 0 rings (SSSR count). The van der Waals surface area contributed by atoms with Crippen molar-refractivity contribution in [3.63, 3.8) is 0 Å². The predicted molar refractivity (Wildman–Crippen MR) is 44.0 cm³/mol. The molecule has 0 saturated carbocycles. The third kappa shape index (κ3) is 5.70. The van der Waals surface area contributed by atoms with Gasteiger partial charge in [0.25, 0.3) is 6.54 Å². The molecule has 0 saturated heterocycles. The number of rotatable bonds is 5. The molecular formula is C7H17IN2O2. The van der Waals surface area contributed by atoms with Gasteiger partial charge in [0.1, 0.15) is 6.54 Å². The predicted octanol–water partition coefficient (Wildman–Crippen LogP) is -2.25. The van der Waals surface area contributed by atoms with E-state index in [0.717, 1.165) is 17.6 Å². The van der Waals surface area contributed by atoms with Crippen molar-refractivity contribution >= 4 is 0 Å². The van der Waals surface area contributed by atoms with Crippen LogP contribution in [0.3, 0.4) is 0 Å². The Balaban J connectivity index is 0. The van der Waals surface area contributed by atoms with Gasteiger partial charge in [0.15, 0.2) is 0 Å². The quantitative estimate of drug-likeness (QED) is 0.248. The van der Waals surface area contributed by atoms with Crippen LogP contribution in [0.5, 0.6) is 0 Å². The number of quaternary nitrogens is 1. The lowest BCUT2D eigenvalue weighted by Gasteiger charge is -2.30. The van der Waals surface area contributed by atoms with Gasteiger partial charge in [0, 0.05) is 4.92 Å². The molecule has 0 heterocycles. The maximum Gasteiger partial charge on any atom is 0.251 e. The van der Waals surface area contributed by atoms with Gasteiger partial charge in [-0.2, -0.15) is 0 Å². The van der Waals surface area contributed by atoms with E-state index < -0.39 is 0 Å². The van der Waals surface area contributed by atoms with E-state index in [0.29, 0.717) is 6.54 Å². The summed E-state index contributed by atoms with van der Waals surface area (Å²) in [5.74, 6) is 0. The van der Waals surface area contributed by atoms with E-state index in [1.54, 1.807) is 0 Å². The zero-order chi connectivity index (χ0) is 8.91. The van der Waals surface area contributed by atoms with E-state index in [2.05, 4.69) is 13.8 Å². The van der Waals surface area contributed by atoms with Crippen LogP contribution >= 0.6 is 0 Å². The normalized spacial score (nSPS) is 10.6. The SMILES string of the molecule is CC[N+](C)(CC)CC[N+](=O)[O-].[I-]. The monoisotopic (exact) mass is 288 g/mol. The molecule has 4 nitrogen and oxygen atoms in total. The fourth-order valence-electron chi connectivity index (χ4n) is 0.863. The minimum atomic E-state index is -0.248. The van der Waals surface area contributed by atoms with Gasteiger partial charge < -0.3 is 28.5 Å². The van der Waals surface area contributed by atoms with Gasteiger partial charge in [-0.15, -0.1) is 0 Å². The van der Waals surface area contributed by atoms with Gasteiger partial charge in [-0.25, -0.2) is 0 Å². The second kappa shape index (κ2) is 6.59. The van der Waals surface area contributed by atoms with Crippen molar-refractivity contribution in [2.75, 3.05) is 33.2 Å². The molecule has 0 unspecified atom stereocenters. The van der Waals surface area contributed by atoms with Gasteiger partial charge in [-0.3, -0.25) is 10.1 Å². The van der Waals surface area contributed by atoms with Crippen LogP contribution in [0, 0.1) is 10.1 Å². The van der Waals surface area contributed by atoms with E-state index >= 15 is 0 Å². The summed E-state index contributed by atoms with van der Waals surface area (Å²) in [4.78, 5) is 9.83. The lowest BCUT2D eigenvalue weighted by Crippen LogP contribution is -3.00. The van der Waals surface area contributed by atoms with E-state index in [9.17, 15) is 10.1 Å². The zero-order valence-electron chi connectivity index (χ0n) is 7.92. The van der Waals surface area contributed by atoms with Crippen LogP contribution in [-0.4, -0.2) is 42.6 Å². The van der Waals surface area contributed by atoms with Crippen LogP contribution < -0.4 is 24.0 Å². The number of halogens is 1. The summed E-state index contributed by atoms with van der Waals surface area (Å²) in [7, 11) is 2.05. The Hall–Kier alpha value is 0.0900. The Labute approximate surface area is 90.7 Å². The zero-order valence-corrected chi connectivity index (χ0v) is 10.1. The van der Waals surface area contributed by atoms with Gasteiger partial charge in [-0.05, 0) is 13.8 Å². The Morgan fingerprint density at radius 1 is 1.33 bits per heavy atom. The van der Waals surface area contributed by atoms with Crippen molar-refractivity contribution in [3.05, 3.63) is 10.1 Å².